The molecule has 2 fully saturated rings. The minimum Gasteiger partial charge on any atom is -0.497 e. The van der Waals surface area contributed by atoms with Crippen LogP contribution in [0.1, 0.15) is 11.7 Å². The number of nitrogens with zero attached hydrogens (tertiary/aromatic N) is 5. The fourth-order valence-corrected chi connectivity index (χ4v) is 3.97. The van der Waals surface area contributed by atoms with Gasteiger partial charge in [-0.05, 0) is 34.7 Å². The molecule has 150 valence electrons. The first kappa shape index (κ1) is 18.2. The van der Waals surface area contributed by atoms with Crippen molar-refractivity contribution in [3.05, 3.63) is 54.4 Å². The maximum atomic E-state index is 6.10. The zero-order valence-corrected chi connectivity index (χ0v) is 16.0. The Balaban J connectivity index is 1.31. The monoisotopic (exact) mass is 394 g/mol. The van der Waals surface area contributed by atoms with Crippen molar-refractivity contribution in [1.29, 1.82) is 0 Å². The molecule has 4 heterocycles. The van der Waals surface area contributed by atoms with E-state index in [0.29, 0.717) is 25.6 Å². The van der Waals surface area contributed by atoms with Crippen molar-refractivity contribution in [2.24, 2.45) is 0 Å². The van der Waals surface area contributed by atoms with Gasteiger partial charge in [0.15, 0.2) is 5.82 Å². The number of rotatable bonds is 6. The highest BCUT2D eigenvalue weighted by Gasteiger charge is 2.49. The molecule has 4 atom stereocenters. The number of methoxy groups -OCH3 is 1. The quantitative estimate of drug-likeness (QED) is 0.667. The summed E-state index contributed by atoms with van der Waals surface area (Å²) in [4.78, 5) is 4.36. The lowest BCUT2D eigenvalue weighted by Gasteiger charge is -2.18. The van der Waals surface area contributed by atoms with Crippen LogP contribution in [0.5, 0.6) is 5.75 Å². The van der Waals surface area contributed by atoms with Crippen LogP contribution in [0.2, 0.25) is 0 Å². The molecule has 0 radical (unpaired) electrons. The molecule has 0 spiro atoms. The van der Waals surface area contributed by atoms with Crippen LogP contribution in [0.4, 0.5) is 0 Å². The number of tetrazole rings is 1. The van der Waals surface area contributed by atoms with Gasteiger partial charge in [-0.15, -0.1) is 5.10 Å². The van der Waals surface area contributed by atoms with Crippen LogP contribution in [-0.2, 0) is 16.0 Å². The van der Waals surface area contributed by atoms with Gasteiger partial charge in [0.1, 0.15) is 24.0 Å². The first-order valence-corrected chi connectivity index (χ1v) is 9.62. The molecule has 4 unspecified atom stereocenters. The number of hydrogen-bond donors (Lipinski definition) is 1. The van der Waals surface area contributed by atoms with Gasteiger partial charge in [-0.1, -0.05) is 18.2 Å². The van der Waals surface area contributed by atoms with Crippen LogP contribution in [0.15, 0.2) is 48.7 Å². The Bertz CT molecular complexity index is 966. The normalized spacial score (nSPS) is 25.8. The molecule has 2 aromatic heterocycles. The highest BCUT2D eigenvalue weighted by molar-refractivity contribution is 5.57. The Labute approximate surface area is 168 Å². The van der Waals surface area contributed by atoms with Crippen LogP contribution in [0.25, 0.3) is 11.4 Å². The van der Waals surface area contributed by atoms with Crippen molar-refractivity contribution in [3.8, 4) is 17.1 Å². The molecular formula is C20H22N6O3. The van der Waals surface area contributed by atoms with Crippen molar-refractivity contribution in [1.82, 2.24) is 30.5 Å². The number of nitrogens with one attached hydrogen (secondary N) is 1. The summed E-state index contributed by atoms with van der Waals surface area (Å²) in [7, 11) is 1.64. The molecule has 0 amide bonds. The van der Waals surface area contributed by atoms with E-state index >= 15 is 0 Å². The predicted molar refractivity (Wildman–Crippen MR) is 103 cm³/mol. The van der Waals surface area contributed by atoms with Crippen molar-refractivity contribution < 1.29 is 14.2 Å². The topological polar surface area (TPSA) is 96.2 Å². The van der Waals surface area contributed by atoms with Gasteiger partial charge in [0.05, 0.1) is 32.1 Å². The van der Waals surface area contributed by atoms with Crippen molar-refractivity contribution in [2.45, 2.75) is 30.8 Å². The van der Waals surface area contributed by atoms with Crippen molar-refractivity contribution in [2.75, 3.05) is 20.3 Å². The van der Waals surface area contributed by atoms with E-state index < -0.39 is 0 Å². The van der Waals surface area contributed by atoms with Gasteiger partial charge in [0.25, 0.3) is 0 Å². The van der Waals surface area contributed by atoms with Crippen LogP contribution in [-0.4, -0.2) is 63.8 Å². The number of pyridine rings is 1. The Hall–Kier alpha value is -2.88. The molecule has 3 aromatic rings. The van der Waals surface area contributed by atoms with E-state index in [-0.39, 0.29) is 24.3 Å². The van der Waals surface area contributed by atoms with E-state index in [2.05, 4.69) is 25.8 Å². The van der Waals surface area contributed by atoms with E-state index in [1.807, 2.05) is 42.5 Å². The zero-order valence-electron chi connectivity index (χ0n) is 16.0. The molecule has 0 saturated carbocycles. The van der Waals surface area contributed by atoms with Gasteiger partial charge >= 0.3 is 0 Å². The summed E-state index contributed by atoms with van der Waals surface area (Å²) in [5.74, 6) is 1.43. The van der Waals surface area contributed by atoms with E-state index in [1.54, 1.807) is 18.0 Å². The minimum absolute atomic E-state index is 0.0499. The number of ether oxygens (including phenoxy) is 3. The zero-order chi connectivity index (χ0) is 19.6. The second-order valence-electron chi connectivity index (χ2n) is 7.15. The highest BCUT2D eigenvalue weighted by Crippen LogP contribution is 2.36. The summed E-state index contributed by atoms with van der Waals surface area (Å²) in [6.45, 7) is 1.75. The standard InChI is InChI=1S/C20H22N6O3/c1-27-15-7-4-5-13(9-15)20-23-24-25-26(20)17-12-29-18-16(11-28-19(17)18)22-10-14-6-2-3-8-21-14/h2-9,16-19,22H,10-12H2,1H3. The van der Waals surface area contributed by atoms with Gasteiger partial charge in [-0.2, -0.15) is 0 Å². The Kier molecular flexibility index (Phi) is 4.92. The van der Waals surface area contributed by atoms with Crippen LogP contribution in [0, 0.1) is 0 Å². The maximum Gasteiger partial charge on any atom is 0.182 e. The Morgan fingerprint density at radius 3 is 2.93 bits per heavy atom. The third kappa shape index (κ3) is 3.48. The van der Waals surface area contributed by atoms with Crippen molar-refractivity contribution >= 4 is 0 Å². The summed E-state index contributed by atoms with van der Waals surface area (Å²) in [6, 6.07) is 13.6. The van der Waals surface area contributed by atoms with E-state index in [4.69, 9.17) is 14.2 Å². The van der Waals surface area contributed by atoms with E-state index in [1.165, 1.54) is 0 Å². The van der Waals surface area contributed by atoms with Gasteiger partial charge in [-0.3, -0.25) is 4.98 Å². The summed E-state index contributed by atoms with van der Waals surface area (Å²) in [6.07, 6.45) is 1.64. The largest absolute Gasteiger partial charge is 0.497 e. The van der Waals surface area contributed by atoms with Crippen LogP contribution >= 0.6 is 0 Å². The van der Waals surface area contributed by atoms with Gasteiger partial charge < -0.3 is 19.5 Å². The Morgan fingerprint density at radius 1 is 1.14 bits per heavy atom. The molecule has 0 aliphatic carbocycles. The number of hydrogen-bond acceptors (Lipinski definition) is 8. The molecule has 2 aliphatic heterocycles. The summed E-state index contributed by atoms with van der Waals surface area (Å²) in [5.41, 5.74) is 1.88. The summed E-state index contributed by atoms with van der Waals surface area (Å²) in [5, 5.41) is 15.9. The smallest absolute Gasteiger partial charge is 0.182 e. The molecule has 1 N–H and O–H groups in total. The van der Waals surface area contributed by atoms with Gasteiger partial charge in [0.2, 0.25) is 0 Å². The van der Waals surface area contributed by atoms with Gasteiger partial charge in [-0.25, -0.2) is 4.68 Å². The molecule has 0 bridgehead atoms. The molecule has 1 aromatic carbocycles. The first-order valence-electron chi connectivity index (χ1n) is 9.62. The number of aromatic nitrogens is 5. The fourth-order valence-electron chi connectivity index (χ4n) is 3.97. The first-order chi connectivity index (χ1) is 14.3. The average molecular weight is 394 g/mol. The average Bonchev–Trinajstić information content (AvgIpc) is 3.49. The third-order valence-electron chi connectivity index (χ3n) is 5.43. The minimum atomic E-state index is -0.107. The second kappa shape index (κ2) is 7.86. The number of benzene rings is 1. The van der Waals surface area contributed by atoms with Gasteiger partial charge in [0, 0.05) is 18.3 Å². The van der Waals surface area contributed by atoms with Crippen LogP contribution < -0.4 is 10.1 Å². The highest BCUT2D eigenvalue weighted by atomic mass is 16.6. The molecule has 2 saturated heterocycles. The van der Waals surface area contributed by atoms with Crippen LogP contribution in [0.3, 0.4) is 0 Å². The molecule has 29 heavy (non-hydrogen) atoms. The predicted octanol–water partition coefficient (Wildman–Crippen LogP) is 1.24. The summed E-state index contributed by atoms with van der Waals surface area (Å²) >= 11 is 0. The number of fused-ring (bicyclic) bond motifs is 1. The Morgan fingerprint density at radius 2 is 2.07 bits per heavy atom. The molecular weight excluding hydrogens is 372 g/mol. The lowest BCUT2D eigenvalue weighted by molar-refractivity contribution is 0.0621. The lowest BCUT2D eigenvalue weighted by atomic mass is 10.1. The second-order valence-corrected chi connectivity index (χ2v) is 7.15. The molecule has 9 nitrogen and oxygen atoms in total. The molecule has 2 aliphatic rings. The SMILES string of the molecule is COc1cccc(-c2nnnn2C2COC3C(NCc4ccccn4)COC32)c1. The van der Waals surface area contributed by atoms with E-state index in [9.17, 15) is 0 Å². The van der Waals surface area contributed by atoms with Crippen molar-refractivity contribution in [3.63, 3.8) is 0 Å². The fraction of sp³-hybridized carbons (Fsp3) is 0.400. The van der Waals surface area contributed by atoms with E-state index in [0.717, 1.165) is 17.0 Å². The molecule has 9 heteroatoms. The summed E-state index contributed by atoms with van der Waals surface area (Å²) < 4.78 is 19.3. The lowest BCUT2D eigenvalue weighted by Crippen LogP contribution is -2.40. The third-order valence-corrected chi connectivity index (χ3v) is 5.43. The maximum absolute atomic E-state index is 6.10. The molecule has 5 rings (SSSR count).